The van der Waals surface area contributed by atoms with Crippen molar-refractivity contribution in [3.63, 3.8) is 0 Å². The third kappa shape index (κ3) is 4.53. The molecule has 2 bridgehead atoms. The number of thioether (sulfide) groups is 1. The van der Waals surface area contributed by atoms with Crippen LogP contribution >= 0.6 is 11.8 Å². The van der Waals surface area contributed by atoms with E-state index < -0.39 is 0 Å². The first-order valence-electron chi connectivity index (χ1n) is 9.92. The number of hydrogen-bond donors (Lipinski definition) is 2. The monoisotopic (exact) mass is 374 g/mol. The number of piperidine rings is 3. The van der Waals surface area contributed by atoms with Gasteiger partial charge in [-0.05, 0) is 43.4 Å². The van der Waals surface area contributed by atoms with Crippen LogP contribution in [0.25, 0.3) is 0 Å². The Labute approximate surface area is 160 Å². The zero-order chi connectivity index (χ0) is 17.8. The number of anilines is 1. The standard InChI is InChI=1S/C20H30N4OS/c25-20(22-18-4-2-1-3-5-18)21-13-19-12-16-6-7-24(19)15-17(16)14-23-8-10-26-11-9-23/h1-5,16-17,19H,6-15H2,(H2,21,22,25)/t16-,17+,19+/m1/s1. The molecule has 0 saturated carbocycles. The van der Waals surface area contributed by atoms with E-state index in [4.69, 9.17) is 0 Å². The summed E-state index contributed by atoms with van der Waals surface area (Å²) in [7, 11) is 0. The lowest BCUT2D eigenvalue weighted by Gasteiger charge is -2.51. The van der Waals surface area contributed by atoms with Crippen LogP contribution in [0.1, 0.15) is 12.8 Å². The van der Waals surface area contributed by atoms with Crippen molar-refractivity contribution >= 4 is 23.5 Å². The molecule has 4 heterocycles. The van der Waals surface area contributed by atoms with Crippen LogP contribution in [0.4, 0.5) is 10.5 Å². The molecule has 142 valence electrons. The smallest absolute Gasteiger partial charge is 0.319 e. The fourth-order valence-corrected chi connectivity index (χ4v) is 5.67. The van der Waals surface area contributed by atoms with E-state index in [1.807, 2.05) is 30.3 Å². The summed E-state index contributed by atoms with van der Waals surface area (Å²) < 4.78 is 0. The molecule has 4 aliphatic rings. The first-order chi connectivity index (χ1) is 12.8. The largest absolute Gasteiger partial charge is 0.336 e. The lowest BCUT2D eigenvalue weighted by molar-refractivity contribution is -0.00980. The molecule has 1 aromatic carbocycles. The van der Waals surface area contributed by atoms with Crippen molar-refractivity contribution in [2.75, 3.05) is 56.1 Å². The summed E-state index contributed by atoms with van der Waals surface area (Å²) in [6.07, 6.45) is 2.57. The van der Waals surface area contributed by atoms with Crippen molar-refractivity contribution in [2.24, 2.45) is 11.8 Å². The van der Waals surface area contributed by atoms with Gasteiger partial charge in [-0.15, -0.1) is 0 Å². The maximum atomic E-state index is 12.1. The van der Waals surface area contributed by atoms with E-state index in [1.54, 1.807) is 0 Å². The number of nitrogens with zero attached hydrogens (tertiary/aromatic N) is 2. The molecule has 0 aromatic heterocycles. The number of urea groups is 1. The van der Waals surface area contributed by atoms with Crippen LogP contribution in [-0.4, -0.2) is 72.6 Å². The number of para-hydroxylation sites is 1. The zero-order valence-electron chi connectivity index (χ0n) is 15.4. The van der Waals surface area contributed by atoms with Gasteiger partial charge in [-0.2, -0.15) is 11.8 Å². The number of carbonyl (C=O) groups excluding carboxylic acids is 1. The van der Waals surface area contributed by atoms with Gasteiger partial charge in [0.1, 0.15) is 0 Å². The lowest BCUT2D eigenvalue weighted by Crippen LogP contribution is -2.59. The van der Waals surface area contributed by atoms with Crippen molar-refractivity contribution in [3.05, 3.63) is 30.3 Å². The van der Waals surface area contributed by atoms with E-state index in [1.165, 1.54) is 57.1 Å². The number of benzene rings is 1. The highest BCUT2D eigenvalue weighted by Gasteiger charge is 2.40. The van der Waals surface area contributed by atoms with E-state index in [0.717, 1.165) is 24.1 Å². The van der Waals surface area contributed by atoms with Crippen molar-refractivity contribution in [3.8, 4) is 0 Å². The number of amides is 2. The molecule has 0 aliphatic carbocycles. The fraction of sp³-hybridized carbons (Fsp3) is 0.650. The second-order valence-electron chi connectivity index (χ2n) is 7.81. The van der Waals surface area contributed by atoms with Crippen molar-refractivity contribution in [2.45, 2.75) is 18.9 Å². The van der Waals surface area contributed by atoms with Crippen LogP contribution in [0.5, 0.6) is 0 Å². The minimum Gasteiger partial charge on any atom is -0.336 e. The Kier molecular flexibility index (Phi) is 6.02. The number of carbonyl (C=O) groups is 1. The predicted octanol–water partition coefficient (Wildman–Crippen LogP) is 2.57. The van der Waals surface area contributed by atoms with Gasteiger partial charge in [0.15, 0.2) is 0 Å². The summed E-state index contributed by atoms with van der Waals surface area (Å²) in [6.45, 7) is 6.96. The average Bonchev–Trinajstić information content (AvgIpc) is 2.69. The molecule has 26 heavy (non-hydrogen) atoms. The number of fused-ring (bicyclic) bond motifs is 3. The van der Waals surface area contributed by atoms with E-state index >= 15 is 0 Å². The van der Waals surface area contributed by atoms with E-state index in [9.17, 15) is 4.79 Å². The fourth-order valence-electron chi connectivity index (χ4n) is 4.69. The topological polar surface area (TPSA) is 47.6 Å². The molecule has 4 fully saturated rings. The van der Waals surface area contributed by atoms with Crippen LogP contribution in [0.2, 0.25) is 0 Å². The summed E-state index contributed by atoms with van der Waals surface area (Å²) in [4.78, 5) is 17.4. The van der Waals surface area contributed by atoms with Crippen LogP contribution in [0.15, 0.2) is 30.3 Å². The summed E-state index contributed by atoms with van der Waals surface area (Å²) in [6, 6.07) is 10.1. The minimum atomic E-state index is -0.0961. The normalized spacial score (nSPS) is 31.5. The molecule has 0 radical (unpaired) electrons. The number of hydrogen-bond acceptors (Lipinski definition) is 4. The van der Waals surface area contributed by atoms with Gasteiger partial charge < -0.3 is 15.5 Å². The molecule has 4 aliphatic heterocycles. The molecule has 2 N–H and O–H groups in total. The van der Waals surface area contributed by atoms with Crippen LogP contribution < -0.4 is 10.6 Å². The Morgan fingerprint density at radius 1 is 1.15 bits per heavy atom. The second-order valence-corrected chi connectivity index (χ2v) is 9.03. The molecule has 4 atom stereocenters. The van der Waals surface area contributed by atoms with Gasteiger partial charge in [0, 0.05) is 56.0 Å². The second kappa shape index (κ2) is 8.63. The Morgan fingerprint density at radius 3 is 2.69 bits per heavy atom. The molecule has 5 nitrogen and oxygen atoms in total. The Morgan fingerprint density at radius 2 is 1.96 bits per heavy atom. The predicted molar refractivity (Wildman–Crippen MR) is 109 cm³/mol. The van der Waals surface area contributed by atoms with Gasteiger partial charge in [-0.1, -0.05) is 18.2 Å². The SMILES string of the molecule is O=C(NC[C@@H]1C[C@H]2CCN1C[C@@H]2CN1CCSCC1)Nc1ccccc1. The Hall–Kier alpha value is -1.24. The van der Waals surface area contributed by atoms with Crippen LogP contribution in [0.3, 0.4) is 0 Å². The van der Waals surface area contributed by atoms with Crippen molar-refractivity contribution in [1.82, 2.24) is 15.1 Å². The number of nitrogens with one attached hydrogen (secondary N) is 2. The van der Waals surface area contributed by atoms with Crippen molar-refractivity contribution in [1.29, 1.82) is 0 Å². The van der Waals surface area contributed by atoms with E-state index in [-0.39, 0.29) is 6.03 Å². The van der Waals surface area contributed by atoms with Crippen molar-refractivity contribution < 1.29 is 4.79 Å². The first kappa shape index (κ1) is 18.1. The molecule has 2 amide bonds. The van der Waals surface area contributed by atoms with E-state index in [0.29, 0.717) is 6.04 Å². The highest BCUT2D eigenvalue weighted by atomic mass is 32.2. The minimum absolute atomic E-state index is 0.0961. The highest BCUT2D eigenvalue weighted by Crippen LogP contribution is 2.36. The number of rotatable bonds is 5. The van der Waals surface area contributed by atoms with Crippen LogP contribution in [0, 0.1) is 11.8 Å². The zero-order valence-corrected chi connectivity index (χ0v) is 16.2. The third-order valence-electron chi connectivity index (χ3n) is 6.14. The molecule has 5 rings (SSSR count). The van der Waals surface area contributed by atoms with Gasteiger partial charge in [-0.25, -0.2) is 4.79 Å². The molecule has 1 aromatic rings. The first-order valence-corrected chi connectivity index (χ1v) is 11.1. The van der Waals surface area contributed by atoms with Gasteiger partial charge in [-0.3, -0.25) is 4.90 Å². The van der Waals surface area contributed by atoms with Crippen LogP contribution in [-0.2, 0) is 0 Å². The molecule has 4 saturated heterocycles. The van der Waals surface area contributed by atoms with Gasteiger partial charge in [0.2, 0.25) is 0 Å². The quantitative estimate of drug-likeness (QED) is 0.832. The van der Waals surface area contributed by atoms with E-state index in [2.05, 4.69) is 32.2 Å². The molecule has 1 unspecified atom stereocenters. The summed E-state index contributed by atoms with van der Waals surface area (Å²) in [5, 5.41) is 5.99. The summed E-state index contributed by atoms with van der Waals surface area (Å²) >= 11 is 2.09. The van der Waals surface area contributed by atoms with Gasteiger partial charge in [0.25, 0.3) is 0 Å². The maximum Gasteiger partial charge on any atom is 0.319 e. The Bertz CT molecular complexity index is 593. The lowest BCUT2D eigenvalue weighted by atomic mass is 9.75. The Balaban J connectivity index is 1.23. The molecule has 0 spiro atoms. The highest BCUT2D eigenvalue weighted by molar-refractivity contribution is 7.99. The molecular weight excluding hydrogens is 344 g/mol. The maximum absolute atomic E-state index is 12.1. The van der Waals surface area contributed by atoms with Gasteiger partial charge in [0.05, 0.1) is 0 Å². The molecule has 6 heteroatoms. The summed E-state index contributed by atoms with van der Waals surface area (Å²) in [5.74, 6) is 4.24. The van der Waals surface area contributed by atoms with Gasteiger partial charge >= 0.3 is 6.03 Å². The summed E-state index contributed by atoms with van der Waals surface area (Å²) in [5.41, 5.74) is 0.843. The average molecular weight is 375 g/mol. The third-order valence-corrected chi connectivity index (χ3v) is 7.08. The molecular formula is C20H30N4OS.